The number of aliphatic imine (C=N–C) groups is 1. The zero-order chi connectivity index (χ0) is 21.4. The van der Waals surface area contributed by atoms with E-state index in [2.05, 4.69) is 81.5 Å². The highest BCUT2D eigenvalue weighted by Crippen LogP contribution is 2.22. The van der Waals surface area contributed by atoms with E-state index in [0.29, 0.717) is 12.4 Å². The molecule has 1 fully saturated rings. The molecule has 0 atom stereocenters. The SMILES string of the molecule is CN=C(NCCN1CCN(Cc2ccccc2)CC1)NCc1ncc(C(C)(C)C)o1. The lowest BCUT2D eigenvalue weighted by Gasteiger charge is -2.34. The highest BCUT2D eigenvalue weighted by Gasteiger charge is 2.19. The lowest BCUT2D eigenvalue weighted by Crippen LogP contribution is -2.48. The Kier molecular flexibility index (Phi) is 7.87. The number of benzene rings is 1. The molecule has 1 saturated heterocycles. The Morgan fingerprint density at radius 2 is 1.77 bits per heavy atom. The van der Waals surface area contributed by atoms with E-state index >= 15 is 0 Å². The summed E-state index contributed by atoms with van der Waals surface area (Å²) >= 11 is 0. The first-order valence-corrected chi connectivity index (χ1v) is 10.8. The Hall–Kier alpha value is -2.38. The molecule has 1 aliphatic heterocycles. The number of nitrogens with zero attached hydrogens (tertiary/aromatic N) is 4. The molecule has 1 aromatic heterocycles. The van der Waals surface area contributed by atoms with Gasteiger partial charge in [0.05, 0.1) is 12.7 Å². The molecule has 3 rings (SSSR count). The first-order chi connectivity index (χ1) is 14.4. The predicted octanol–water partition coefficient (Wildman–Crippen LogP) is 2.45. The Morgan fingerprint density at radius 3 is 2.40 bits per heavy atom. The summed E-state index contributed by atoms with van der Waals surface area (Å²) in [4.78, 5) is 13.7. The van der Waals surface area contributed by atoms with Crippen LogP contribution in [-0.2, 0) is 18.5 Å². The van der Waals surface area contributed by atoms with Crippen molar-refractivity contribution in [2.75, 3.05) is 46.3 Å². The Balaban J connectivity index is 1.33. The van der Waals surface area contributed by atoms with Crippen LogP contribution in [0.3, 0.4) is 0 Å². The highest BCUT2D eigenvalue weighted by atomic mass is 16.4. The van der Waals surface area contributed by atoms with Gasteiger partial charge in [-0.15, -0.1) is 0 Å². The van der Waals surface area contributed by atoms with Gasteiger partial charge >= 0.3 is 0 Å². The molecule has 2 N–H and O–H groups in total. The van der Waals surface area contributed by atoms with Crippen LogP contribution in [0.25, 0.3) is 0 Å². The molecule has 0 radical (unpaired) electrons. The van der Waals surface area contributed by atoms with Crippen LogP contribution in [-0.4, -0.2) is 67.1 Å². The van der Waals surface area contributed by atoms with Crippen molar-refractivity contribution in [2.24, 2.45) is 4.99 Å². The molecule has 7 nitrogen and oxygen atoms in total. The van der Waals surface area contributed by atoms with Crippen LogP contribution < -0.4 is 10.6 Å². The third-order valence-corrected chi connectivity index (χ3v) is 5.36. The van der Waals surface area contributed by atoms with Crippen molar-refractivity contribution >= 4 is 5.96 Å². The van der Waals surface area contributed by atoms with E-state index in [1.165, 1.54) is 5.56 Å². The van der Waals surface area contributed by atoms with Crippen molar-refractivity contribution in [3.8, 4) is 0 Å². The molecule has 0 amide bonds. The van der Waals surface area contributed by atoms with E-state index in [1.807, 2.05) is 6.20 Å². The van der Waals surface area contributed by atoms with Gasteiger partial charge in [0.15, 0.2) is 5.96 Å². The fourth-order valence-electron chi connectivity index (χ4n) is 3.46. The summed E-state index contributed by atoms with van der Waals surface area (Å²) in [6, 6.07) is 10.7. The average molecular weight is 413 g/mol. The van der Waals surface area contributed by atoms with Crippen molar-refractivity contribution in [1.82, 2.24) is 25.4 Å². The monoisotopic (exact) mass is 412 g/mol. The molecule has 1 aromatic carbocycles. The number of guanidine groups is 1. The van der Waals surface area contributed by atoms with Gasteiger partial charge in [0.2, 0.25) is 5.89 Å². The lowest BCUT2D eigenvalue weighted by atomic mass is 9.94. The number of hydrogen-bond donors (Lipinski definition) is 2. The molecule has 30 heavy (non-hydrogen) atoms. The maximum Gasteiger partial charge on any atom is 0.213 e. The molecule has 1 aliphatic rings. The third kappa shape index (κ3) is 6.85. The zero-order valence-electron chi connectivity index (χ0n) is 18.8. The second-order valence-corrected chi connectivity index (χ2v) is 8.82. The van der Waals surface area contributed by atoms with Crippen molar-refractivity contribution < 1.29 is 4.42 Å². The summed E-state index contributed by atoms with van der Waals surface area (Å²) in [5, 5.41) is 6.67. The normalized spacial score (nSPS) is 16.6. The van der Waals surface area contributed by atoms with Crippen molar-refractivity contribution in [3.63, 3.8) is 0 Å². The van der Waals surface area contributed by atoms with Gasteiger partial charge in [-0.3, -0.25) is 14.8 Å². The molecule has 0 aliphatic carbocycles. The minimum atomic E-state index is -0.0315. The topological polar surface area (TPSA) is 68.9 Å². The first kappa shape index (κ1) is 22.3. The van der Waals surface area contributed by atoms with E-state index < -0.39 is 0 Å². The maximum atomic E-state index is 5.83. The molecule has 0 unspecified atom stereocenters. The van der Waals surface area contributed by atoms with E-state index in [1.54, 1.807) is 7.05 Å². The minimum absolute atomic E-state index is 0.0315. The van der Waals surface area contributed by atoms with Crippen LogP contribution in [0, 0.1) is 0 Å². The highest BCUT2D eigenvalue weighted by molar-refractivity contribution is 5.79. The molecule has 2 heterocycles. The van der Waals surface area contributed by atoms with Gasteiger partial charge in [0, 0.05) is 58.3 Å². The first-order valence-electron chi connectivity index (χ1n) is 10.8. The number of aromatic nitrogens is 1. The number of rotatable bonds is 7. The Labute approximate surface area is 180 Å². The van der Waals surface area contributed by atoms with Crippen LogP contribution in [0.4, 0.5) is 0 Å². The second-order valence-electron chi connectivity index (χ2n) is 8.82. The fraction of sp³-hybridized carbons (Fsp3) is 0.565. The van der Waals surface area contributed by atoms with Gasteiger partial charge < -0.3 is 15.1 Å². The number of oxazole rings is 1. The fourth-order valence-corrected chi connectivity index (χ4v) is 3.46. The molecular weight excluding hydrogens is 376 g/mol. The van der Waals surface area contributed by atoms with E-state index in [-0.39, 0.29) is 5.41 Å². The Morgan fingerprint density at radius 1 is 1.07 bits per heavy atom. The molecule has 0 saturated carbocycles. The number of nitrogens with one attached hydrogen (secondary N) is 2. The molecule has 2 aromatic rings. The molecule has 0 spiro atoms. The van der Waals surface area contributed by atoms with Crippen LogP contribution in [0.2, 0.25) is 0 Å². The van der Waals surface area contributed by atoms with Gasteiger partial charge in [-0.25, -0.2) is 4.98 Å². The summed E-state index contributed by atoms with van der Waals surface area (Å²) < 4.78 is 5.83. The van der Waals surface area contributed by atoms with Crippen molar-refractivity contribution in [1.29, 1.82) is 0 Å². The third-order valence-electron chi connectivity index (χ3n) is 5.36. The molecule has 164 valence electrons. The Bertz CT molecular complexity index is 788. The van der Waals surface area contributed by atoms with Gasteiger partial charge in [0.1, 0.15) is 5.76 Å². The number of piperazine rings is 1. The van der Waals surface area contributed by atoms with Gasteiger partial charge in [-0.2, -0.15) is 0 Å². The predicted molar refractivity (Wildman–Crippen MR) is 122 cm³/mol. The molecular formula is C23H36N6O. The van der Waals surface area contributed by atoms with Gasteiger partial charge in [-0.1, -0.05) is 51.1 Å². The quantitative estimate of drug-likeness (QED) is 0.538. The van der Waals surface area contributed by atoms with E-state index in [0.717, 1.165) is 57.5 Å². The summed E-state index contributed by atoms with van der Waals surface area (Å²) in [6.07, 6.45) is 1.81. The van der Waals surface area contributed by atoms with Crippen LogP contribution in [0.1, 0.15) is 38.0 Å². The van der Waals surface area contributed by atoms with E-state index in [4.69, 9.17) is 4.42 Å². The van der Waals surface area contributed by atoms with Gasteiger partial charge in [-0.05, 0) is 5.56 Å². The molecule has 0 bridgehead atoms. The lowest BCUT2D eigenvalue weighted by molar-refractivity contribution is 0.129. The van der Waals surface area contributed by atoms with Crippen LogP contribution in [0.5, 0.6) is 0 Å². The zero-order valence-corrected chi connectivity index (χ0v) is 18.8. The summed E-state index contributed by atoms with van der Waals surface area (Å²) in [7, 11) is 1.79. The average Bonchev–Trinajstić information content (AvgIpc) is 3.22. The van der Waals surface area contributed by atoms with Crippen LogP contribution in [0.15, 0.2) is 45.9 Å². The second kappa shape index (κ2) is 10.6. The number of hydrogen-bond acceptors (Lipinski definition) is 5. The summed E-state index contributed by atoms with van der Waals surface area (Å²) in [5.74, 6) is 2.35. The van der Waals surface area contributed by atoms with Crippen molar-refractivity contribution in [3.05, 3.63) is 53.7 Å². The smallest absolute Gasteiger partial charge is 0.213 e. The minimum Gasteiger partial charge on any atom is -0.443 e. The summed E-state index contributed by atoms with van der Waals surface area (Å²) in [6.45, 7) is 14.2. The largest absolute Gasteiger partial charge is 0.443 e. The van der Waals surface area contributed by atoms with Crippen LogP contribution >= 0.6 is 0 Å². The van der Waals surface area contributed by atoms with Gasteiger partial charge in [0.25, 0.3) is 0 Å². The van der Waals surface area contributed by atoms with E-state index in [9.17, 15) is 0 Å². The standard InChI is InChI=1S/C23H36N6O/c1-23(2,3)20-16-26-21(30-20)17-27-22(24-4)25-10-11-28-12-14-29(15-13-28)18-19-8-6-5-7-9-19/h5-9,16H,10-15,17-18H2,1-4H3,(H2,24,25,27). The van der Waals surface area contributed by atoms with Crippen molar-refractivity contribution in [2.45, 2.75) is 39.3 Å². The molecule has 7 heteroatoms. The summed E-state index contributed by atoms with van der Waals surface area (Å²) in [5.41, 5.74) is 1.36. The maximum absolute atomic E-state index is 5.83.